The minimum absolute atomic E-state index is 0.0370. The summed E-state index contributed by atoms with van der Waals surface area (Å²) in [6.07, 6.45) is 6.15. The van der Waals surface area contributed by atoms with Crippen LogP contribution in [-0.4, -0.2) is 23.1 Å². The molecule has 2 aromatic carbocycles. The molecule has 3 aromatic rings. The number of nitrogens with zero attached hydrogens (tertiary/aromatic N) is 2. The number of hydrogen-bond acceptors (Lipinski definition) is 3. The summed E-state index contributed by atoms with van der Waals surface area (Å²) < 4.78 is 0. The Bertz CT molecular complexity index is 1010. The first-order chi connectivity index (χ1) is 14.2. The molecule has 4 heteroatoms. The van der Waals surface area contributed by atoms with E-state index in [1.54, 1.807) is 6.33 Å². The predicted octanol–water partition coefficient (Wildman–Crippen LogP) is 5.52. The van der Waals surface area contributed by atoms with Crippen LogP contribution in [0.1, 0.15) is 54.5 Å². The Hall–Kier alpha value is -2.23. The van der Waals surface area contributed by atoms with Crippen molar-refractivity contribution in [2.45, 2.75) is 43.9 Å². The van der Waals surface area contributed by atoms with Crippen LogP contribution >= 0.6 is 11.6 Å². The maximum absolute atomic E-state index is 6.16. The topological polar surface area (TPSA) is 37.8 Å². The van der Waals surface area contributed by atoms with Gasteiger partial charge in [-0.05, 0) is 68.0 Å². The third kappa shape index (κ3) is 3.27. The second-order valence-corrected chi connectivity index (χ2v) is 8.88. The highest BCUT2D eigenvalue weighted by molar-refractivity contribution is 6.30. The van der Waals surface area contributed by atoms with Gasteiger partial charge in [0.25, 0.3) is 0 Å². The lowest BCUT2D eigenvalue weighted by Crippen LogP contribution is -2.40. The number of halogens is 1. The standard InChI is InChI=1S/C25H26ClN3/c1-17-2-11-22-23(17)24(29-16-28-22)18-3-5-19(6-4-18)25(12-14-27-15-13-25)20-7-9-21(26)10-8-20/h3-10,16-17,27H,2,11-15H2,1H3. The van der Waals surface area contributed by atoms with E-state index < -0.39 is 0 Å². The van der Waals surface area contributed by atoms with E-state index >= 15 is 0 Å². The fourth-order valence-corrected chi connectivity index (χ4v) is 5.32. The zero-order valence-electron chi connectivity index (χ0n) is 16.8. The number of aromatic nitrogens is 2. The molecule has 29 heavy (non-hydrogen) atoms. The number of aryl methyl sites for hydroxylation is 1. The Morgan fingerprint density at radius 3 is 2.28 bits per heavy atom. The quantitative estimate of drug-likeness (QED) is 0.626. The number of hydrogen-bond donors (Lipinski definition) is 1. The molecule has 2 aliphatic rings. The minimum Gasteiger partial charge on any atom is -0.317 e. The zero-order valence-corrected chi connectivity index (χ0v) is 17.5. The second-order valence-electron chi connectivity index (χ2n) is 8.44. The Morgan fingerprint density at radius 2 is 1.59 bits per heavy atom. The van der Waals surface area contributed by atoms with Crippen LogP contribution < -0.4 is 5.32 Å². The summed E-state index contributed by atoms with van der Waals surface area (Å²) in [6, 6.07) is 17.5. The number of piperidine rings is 1. The van der Waals surface area contributed by atoms with Crippen molar-refractivity contribution in [3.8, 4) is 11.3 Å². The maximum atomic E-state index is 6.16. The van der Waals surface area contributed by atoms with Gasteiger partial charge in [0, 0.05) is 27.3 Å². The summed E-state index contributed by atoms with van der Waals surface area (Å²) in [4.78, 5) is 9.18. The second kappa shape index (κ2) is 7.55. The van der Waals surface area contributed by atoms with Crippen LogP contribution in [0.4, 0.5) is 0 Å². The van der Waals surface area contributed by atoms with Crippen LogP contribution in [0.5, 0.6) is 0 Å². The molecule has 0 amide bonds. The summed E-state index contributed by atoms with van der Waals surface area (Å²) in [5, 5.41) is 4.31. The Labute approximate surface area is 177 Å². The molecule has 1 atom stereocenters. The van der Waals surface area contributed by atoms with E-state index in [1.807, 2.05) is 12.1 Å². The van der Waals surface area contributed by atoms with Crippen molar-refractivity contribution in [2.24, 2.45) is 0 Å². The zero-order chi connectivity index (χ0) is 19.8. The van der Waals surface area contributed by atoms with E-state index in [9.17, 15) is 0 Å². The van der Waals surface area contributed by atoms with Crippen molar-refractivity contribution in [3.63, 3.8) is 0 Å². The molecular weight excluding hydrogens is 378 g/mol. The van der Waals surface area contributed by atoms with E-state index in [1.165, 1.54) is 34.4 Å². The number of nitrogens with one attached hydrogen (secondary N) is 1. The fraction of sp³-hybridized carbons (Fsp3) is 0.360. The molecule has 148 valence electrons. The van der Waals surface area contributed by atoms with Gasteiger partial charge >= 0.3 is 0 Å². The van der Waals surface area contributed by atoms with Crippen molar-refractivity contribution in [1.29, 1.82) is 0 Å². The third-order valence-corrected chi connectivity index (χ3v) is 7.09. The molecule has 1 aromatic heterocycles. The van der Waals surface area contributed by atoms with Gasteiger partial charge in [0.1, 0.15) is 6.33 Å². The fourth-order valence-electron chi connectivity index (χ4n) is 5.19. The highest BCUT2D eigenvalue weighted by atomic mass is 35.5. The Morgan fingerprint density at radius 1 is 0.931 bits per heavy atom. The van der Waals surface area contributed by atoms with Crippen molar-refractivity contribution in [1.82, 2.24) is 15.3 Å². The average Bonchev–Trinajstić information content (AvgIpc) is 3.16. The summed E-state index contributed by atoms with van der Waals surface area (Å²) in [5.41, 5.74) is 7.64. The molecule has 0 saturated carbocycles. The van der Waals surface area contributed by atoms with E-state index in [2.05, 4.69) is 58.6 Å². The van der Waals surface area contributed by atoms with Gasteiger partial charge in [-0.1, -0.05) is 54.9 Å². The monoisotopic (exact) mass is 403 g/mol. The van der Waals surface area contributed by atoms with Gasteiger partial charge in [0.15, 0.2) is 0 Å². The molecule has 1 aliphatic carbocycles. The van der Waals surface area contributed by atoms with Gasteiger partial charge in [-0.2, -0.15) is 0 Å². The van der Waals surface area contributed by atoms with Gasteiger partial charge in [-0.15, -0.1) is 0 Å². The minimum atomic E-state index is 0.0370. The molecule has 5 rings (SSSR count). The molecule has 0 radical (unpaired) electrons. The normalized spacial score (nSPS) is 20.4. The van der Waals surface area contributed by atoms with Crippen LogP contribution in [0.25, 0.3) is 11.3 Å². The third-order valence-electron chi connectivity index (χ3n) is 6.84. The Balaban J connectivity index is 1.55. The summed E-state index contributed by atoms with van der Waals surface area (Å²) in [7, 11) is 0. The van der Waals surface area contributed by atoms with Crippen LogP contribution in [-0.2, 0) is 11.8 Å². The lowest BCUT2D eigenvalue weighted by molar-refractivity contribution is 0.362. The first kappa shape index (κ1) is 18.8. The average molecular weight is 404 g/mol. The predicted molar refractivity (Wildman–Crippen MR) is 119 cm³/mol. The van der Waals surface area contributed by atoms with Crippen molar-refractivity contribution < 1.29 is 0 Å². The smallest absolute Gasteiger partial charge is 0.116 e. The van der Waals surface area contributed by atoms with Gasteiger partial charge in [0.2, 0.25) is 0 Å². The lowest BCUT2D eigenvalue weighted by Gasteiger charge is -2.39. The van der Waals surface area contributed by atoms with E-state index in [0.717, 1.165) is 43.1 Å². The molecule has 3 nitrogen and oxygen atoms in total. The van der Waals surface area contributed by atoms with Crippen molar-refractivity contribution in [2.75, 3.05) is 13.1 Å². The first-order valence-corrected chi connectivity index (χ1v) is 11.0. The molecule has 1 N–H and O–H groups in total. The van der Waals surface area contributed by atoms with Gasteiger partial charge in [-0.3, -0.25) is 0 Å². The largest absolute Gasteiger partial charge is 0.317 e. The van der Waals surface area contributed by atoms with Gasteiger partial charge < -0.3 is 5.32 Å². The molecule has 1 saturated heterocycles. The lowest BCUT2D eigenvalue weighted by atomic mass is 9.68. The SMILES string of the molecule is CC1CCc2ncnc(-c3ccc(C4(c5ccc(Cl)cc5)CCNCC4)cc3)c21. The molecule has 1 aliphatic heterocycles. The number of fused-ring (bicyclic) bond motifs is 1. The highest BCUT2D eigenvalue weighted by Crippen LogP contribution is 2.42. The molecule has 0 spiro atoms. The molecular formula is C25H26ClN3. The molecule has 1 fully saturated rings. The van der Waals surface area contributed by atoms with E-state index in [0.29, 0.717) is 5.92 Å². The van der Waals surface area contributed by atoms with Crippen LogP contribution in [0.15, 0.2) is 54.9 Å². The van der Waals surface area contributed by atoms with Gasteiger partial charge in [-0.25, -0.2) is 9.97 Å². The van der Waals surface area contributed by atoms with E-state index in [4.69, 9.17) is 11.6 Å². The van der Waals surface area contributed by atoms with Crippen LogP contribution in [0.3, 0.4) is 0 Å². The molecule has 2 heterocycles. The summed E-state index contributed by atoms with van der Waals surface area (Å²) in [6.45, 7) is 4.35. The van der Waals surface area contributed by atoms with Crippen molar-refractivity contribution in [3.05, 3.63) is 82.3 Å². The Kier molecular flexibility index (Phi) is 4.89. The molecule has 0 bridgehead atoms. The van der Waals surface area contributed by atoms with Crippen LogP contribution in [0.2, 0.25) is 5.02 Å². The number of rotatable bonds is 3. The first-order valence-electron chi connectivity index (χ1n) is 10.6. The number of benzene rings is 2. The molecule has 1 unspecified atom stereocenters. The van der Waals surface area contributed by atoms with E-state index in [-0.39, 0.29) is 5.41 Å². The summed E-state index contributed by atoms with van der Waals surface area (Å²) in [5.74, 6) is 0.533. The summed E-state index contributed by atoms with van der Waals surface area (Å²) >= 11 is 6.16. The maximum Gasteiger partial charge on any atom is 0.116 e. The van der Waals surface area contributed by atoms with Crippen molar-refractivity contribution >= 4 is 11.6 Å². The highest BCUT2D eigenvalue weighted by Gasteiger charge is 2.35. The van der Waals surface area contributed by atoms with Crippen LogP contribution in [0, 0.1) is 0 Å². The van der Waals surface area contributed by atoms with Gasteiger partial charge in [0.05, 0.1) is 5.69 Å².